The molecule has 19 heavy (non-hydrogen) atoms. The van der Waals surface area contributed by atoms with E-state index in [2.05, 4.69) is 5.32 Å². The van der Waals surface area contributed by atoms with Gasteiger partial charge in [0.2, 0.25) is 0 Å². The van der Waals surface area contributed by atoms with Crippen LogP contribution < -0.4 is 11.1 Å². The number of rotatable bonds is 2. The van der Waals surface area contributed by atoms with Crippen LogP contribution >= 0.6 is 23.2 Å². The second-order valence-electron chi connectivity index (χ2n) is 4.39. The van der Waals surface area contributed by atoms with Gasteiger partial charge in [-0.2, -0.15) is 0 Å². The van der Waals surface area contributed by atoms with Crippen LogP contribution in [-0.2, 0) is 0 Å². The Kier molecular flexibility index (Phi) is 3.88. The second kappa shape index (κ2) is 5.27. The van der Waals surface area contributed by atoms with Crippen molar-refractivity contribution in [2.75, 3.05) is 11.1 Å². The molecule has 0 heterocycles. The fourth-order valence-corrected chi connectivity index (χ4v) is 2.12. The molecule has 0 saturated carbocycles. The molecular weight excluding hydrogens is 286 g/mol. The van der Waals surface area contributed by atoms with Crippen LogP contribution in [0.1, 0.15) is 11.1 Å². The smallest absolute Gasteiger partial charge is 0.128 e. The van der Waals surface area contributed by atoms with Crippen molar-refractivity contribution in [3.05, 3.63) is 51.3 Å². The quantitative estimate of drug-likeness (QED) is 0.759. The molecule has 0 atom stereocenters. The molecule has 5 heteroatoms. The first-order chi connectivity index (χ1) is 8.88. The first kappa shape index (κ1) is 14.0. The van der Waals surface area contributed by atoms with E-state index in [0.29, 0.717) is 32.7 Å². The number of nitrogens with one attached hydrogen (secondary N) is 1. The minimum atomic E-state index is -0.337. The van der Waals surface area contributed by atoms with Gasteiger partial charge in [-0.1, -0.05) is 23.2 Å². The van der Waals surface area contributed by atoms with Crippen LogP contribution in [0, 0.1) is 19.7 Å². The minimum Gasteiger partial charge on any atom is -0.397 e. The van der Waals surface area contributed by atoms with Gasteiger partial charge >= 0.3 is 0 Å². The number of halogens is 3. The molecule has 2 aromatic carbocycles. The van der Waals surface area contributed by atoms with Gasteiger partial charge in [-0.25, -0.2) is 4.39 Å². The Hall–Kier alpha value is -1.45. The number of anilines is 3. The average molecular weight is 299 g/mol. The number of hydrogen-bond donors (Lipinski definition) is 2. The molecule has 100 valence electrons. The van der Waals surface area contributed by atoms with E-state index in [-0.39, 0.29) is 5.82 Å². The number of benzene rings is 2. The van der Waals surface area contributed by atoms with Crippen molar-refractivity contribution in [1.82, 2.24) is 0 Å². The normalized spacial score (nSPS) is 10.6. The fraction of sp³-hybridized carbons (Fsp3) is 0.143. The van der Waals surface area contributed by atoms with Crippen LogP contribution in [0.3, 0.4) is 0 Å². The SMILES string of the molecule is Cc1cc(Nc2cc(Cl)c(C)cc2Cl)c(N)cc1F. The van der Waals surface area contributed by atoms with Gasteiger partial charge in [0, 0.05) is 5.02 Å². The van der Waals surface area contributed by atoms with Gasteiger partial charge in [-0.15, -0.1) is 0 Å². The van der Waals surface area contributed by atoms with Gasteiger partial charge in [0.25, 0.3) is 0 Å². The Morgan fingerprint density at radius 1 is 0.947 bits per heavy atom. The highest BCUT2D eigenvalue weighted by Crippen LogP contribution is 2.33. The van der Waals surface area contributed by atoms with Crippen LogP contribution in [0.2, 0.25) is 10.0 Å². The van der Waals surface area contributed by atoms with Crippen molar-refractivity contribution < 1.29 is 4.39 Å². The molecule has 0 aliphatic heterocycles. The summed E-state index contributed by atoms with van der Waals surface area (Å²) in [6.45, 7) is 3.54. The Morgan fingerprint density at radius 3 is 2.32 bits per heavy atom. The monoisotopic (exact) mass is 298 g/mol. The molecule has 0 aliphatic rings. The Morgan fingerprint density at radius 2 is 1.63 bits per heavy atom. The van der Waals surface area contributed by atoms with E-state index >= 15 is 0 Å². The zero-order chi connectivity index (χ0) is 14.2. The van der Waals surface area contributed by atoms with Gasteiger partial charge < -0.3 is 11.1 Å². The lowest BCUT2D eigenvalue weighted by Crippen LogP contribution is -1.99. The van der Waals surface area contributed by atoms with Crippen molar-refractivity contribution in [3.63, 3.8) is 0 Å². The lowest BCUT2D eigenvalue weighted by Gasteiger charge is -2.13. The topological polar surface area (TPSA) is 38.0 Å². The van der Waals surface area contributed by atoms with Crippen molar-refractivity contribution in [3.8, 4) is 0 Å². The van der Waals surface area contributed by atoms with Gasteiger partial charge in [0.15, 0.2) is 0 Å². The Bertz CT molecular complexity index is 586. The number of aryl methyl sites for hydroxylation is 2. The molecular formula is C14H13Cl2FN2. The standard InChI is InChI=1S/C14H13Cl2FN2/c1-7-3-10(16)13(5-9(7)15)19-14-4-8(2)11(17)6-12(14)18/h3-6,19H,18H2,1-2H3. The van der Waals surface area contributed by atoms with Crippen LogP contribution in [0.4, 0.5) is 21.5 Å². The molecule has 0 bridgehead atoms. The highest BCUT2D eigenvalue weighted by atomic mass is 35.5. The van der Waals surface area contributed by atoms with E-state index < -0.39 is 0 Å². The third kappa shape index (κ3) is 2.94. The maximum atomic E-state index is 13.3. The molecule has 0 spiro atoms. The lowest BCUT2D eigenvalue weighted by atomic mass is 10.1. The minimum absolute atomic E-state index is 0.316. The number of nitrogens with two attached hydrogens (primary N) is 1. The van der Waals surface area contributed by atoms with Crippen LogP contribution in [0.15, 0.2) is 24.3 Å². The molecule has 0 fully saturated rings. The largest absolute Gasteiger partial charge is 0.397 e. The van der Waals surface area contributed by atoms with Gasteiger partial charge in [-0.3, -0.25) is 0 Å². The van der Waals surface area contributed by atoms with Crippen LogP contribution in [-0.4, -0.2) is 0 Å². The third-order valence-corrected chi connectivity index (χ3v) is 3.57. The van der Waals surface area contributed by atoms with E-state index in [4.69, 9.17) is 28.9 Å². The highest BCUT2D eigenvalue weighted by molar-refractivity contribution is 6.35. The second-order valence-corrected chi connectivity index (χ2v) is 5.21. The van der Waals surface area contributed by atoms with E-state index in [1.54, 1.807) is 25.1 Å². The maximum absolute atomic E-state index is 13.3. The highest BCUT2D eigenvalue weighted by Gasteiger charge is 2.09. The Balaban J connectivity index is 2.42. The summed E-state index contributed by atoms with van der Waals surface area (Å²) in [6, 6.07) is 6.40. The van der Waals surface area contributed by atoms with Crippen molar-refractivity contribution >= 4 is 40.3 Å². The number of hydrogen-bond acceptors (Lipinski definition) is 2. The summed E-state index contributed by atoms with van der Waals surface area (Å²) in [6.07, 6.45) is 0. The summed E-state index contributed by atoms with van der Waals surface area (Å²) in [5.41, 5.74) is 8.72. The molecule has 2 aromatic rings. The fourth-order valence-electron chi connectivity index (χ4n) is 1.69. The zero-order valence-electron chi connectivity index (χ0n) is 10.5. The molecule has 0 unspecified atom stereocenters. The molecule has 3 N–H and O–H groups in total. The molecule has 2 nitrogen and oxygen atoms in total. The van der Waals surface area contributed by atoms with Gasteiger partial charge in [-0.05, 0) is 49.2 Å². The first-order valence-corrected chi connectivity index (χ1v) is 6.42. The average Bonchev–Trinajstić information content (AvgIpc) is 2.32. The van der Waals surface area contributed by atoms with Crippen LogP contribution in [0.25, 0.3) is 0 Å². The lowest BCUT2D eigenvalue weighted by molar-refractivity contribution is 0.619. The summed E-state index contributed by atoms with van der Waals surface area (Å²) in [5, 5.41) is 4.20. The molecule has 0 amide bonds. The molecule has 0 aromatic heterocycles. The summed E-state index contributed by atoms with van der Waals surface area (Å²) >= 11 is 12.2. The van der Waals surface area contributed by atoms with Crippen LogP contribution in [0.5, 0.6) is 0 Å². The molecule has 0 aliphatic carbocycles. The zero-order valence-corrected chi connectivity index (χ0v) is 12.0. The van der Waals surface area contributed by atoms with E-state index in [9.17, 15) is 4.39 Å². The molecule has 2 rings (SSSR count). The van der Waals surface area contributed by atoms with Crippen molar-refractivity contribution in [2.24, 2.45) is 0 Å². The summed E-state index contributed by atoms with van der Waals surface area (Å²) in [7, 11) is 0. The molecule has 0 radical (unpaired) electrons. The predicted molar refractivity (Wildman–Crippen MR) is 80.0 cm³/mol. The maximum Gasteiger partial charge on any atom is 0.128 e. The van der Waals surface area contributed by atoms with E-state index in [1.165, 1.54) is 6.07 Å². The van der Waals surface area contributed by atoms with E-state index in [1.807, 2.05) is 6.92 Å². The summed E-state index contributed by atoms with van der Waals surface area (Å²) < 4.78 is 13.3. The van der Waals surface area contributed by atoms with Gasteiger partial charge in [0.1, 0.15) is 5.82 Å². The van der Waals surface area contributed by atoms with Crippen molar-refractivity contribution in [2.45, 2.75) is 13.8 Å². The van der Waals surface area contributed by atoms with Gasteiger partial charge in [0.05, 0.1) is 22.1 Å². The third-order valence-electron chi connectivity index (χ3n) is 2.85. The predicted octanol–water partition coefficient (Wildman–Crippen LogP) is 5.08. The van der Waals surface area contributed by atoms with E-state index in [0.717, 1.165) is 5.56 Å². The van der Waals surface area contributed by atoms with Crippen molar-refractivity contribution in [1.29, 1.82) is 0 Å². The first-order valence-electron chi connectivity index (χ1n) is 5.67. The Labute approximate surface area is 121 Å². The number of nitrogen functional groups attached to an aromatic ring is 1. The summed E-state index contributed by atoms with van der Waals surface area (Å²) in [5.74, 6) is -0.337. The molecule has 0 saturated heterocycles. The summed E-state index contributed by atoms with van der Waals surface area (Å²) in [4.78, 5) is 0.